The summed E-state index contributed by atoms with van der Waals surface area (Å²) in [6.45, 7) is 6.99. The first kappa shape index (κ1) is 13.8. The number of hydrogen-bond acceptors (Lipinski definition) is 4. The van der Waals surface area contributed by atoms with E-state index in [1.165, 1.54) is 0 Å². The molecular weight excluding hydrogens is 242 g/mol. The number of rotatable bonds is 3. The second kappa shape index (κ2) is 5.59. The van der Waals surface area contributed by atoms with Crippen molar-refractivity contribution in [3.8, 4) is 5.75 Å². The summed E-state index contributed by atoms with van der Waals surface area (Å²) in [5, 5.41) is 13.1. The lowest BCUT2D eigenvalue weighted by Gasteiger charge is -2.33. The van der Waals surface area contributed by atoms with Gasteiger partial charge in [-0.1, -0.05) is 12.1 Å². The van der Waals surface area contributed by atoms with Crippen LogP contribution in [0.2, 0.25) is 0 Å². The number of nitrogens with zero attached hydrogens (tertiary/aromatic N) is 1. The van der Waals surface area contributed by atoms with Gasteiger partial charge in [-0.05, 0) is 30.5 Å². The number of phenolic OH excluding ortho intramolecular Hbond substituents is 1. The van der Waals surface area contributed by atoms with Gasteiger partial charge in [-0.15, -0.1) is 0 Å². The van der Waals surface area contributed by atoms with Crippen LogP contribution in [-0.4, -0.2) is 42.1 Å². The zero-order valence-electron chi connectivity index (χ0n) is 11.4. The Balaban J connectivity index is 2.36. The molecule has 19 heavy (non-hydrogen) atoms. The number of piperazine rings is 1. The van der Waals surface area contributed by atoms with E-state index in [0.29, 0.717) is 0 Å². The summed E-state index contributed by atoms with van der Waals surface area (Å²) in [5.74, 6) is -0.0568. The van der Waals surface area contributed by atoms with Crippen LogP contribution in [0.15, 0.2) is 12.1 Å². The Labute approximate surface area is 113 Å². The van der Waals surface area contributed by atoms with E-state index in [2.05, 4.69) is 10.2 Å². The van der Waals surface area contributed by atoms with E-state index in [-0.39, 0.29) is 11.7 Å². The molecule has 1 amide bonds. The maximum absolute atomic E-state index is 11.8. The molecule has 1 aliphatic rings. The summed E-state index contributed by atoms with van der Waals surface area (Å²) in [5.41, 5.74) is 7.99. The summed E-state index contributed by atoms with van der Waals surface area (Å²) >= 11 is 0. The maximum atomic E-state index is 11.8. The molecule has 104 valence electrons. The average molecular weight is 263 g/mol. The topological polar surface area (TPSA) is 78.6 Å². The normalized spacial score (nSPS) is 18.2. The Bertz CT molecular complexity index is 459. The molecule has 2 rings (SSSR count). The fourth-order valence-electron chi connectivity index (χ4n) is 2.64. The lowest BCUT2D eigenvalue weighted by molar-refractivity contribution is -0.123. The van der Waals surface area contributed by atoms with Gasteiger partial charge in [0.15, 0.2) is 0 Å². The number of aryl methyl sites for hydroxylation is 2. The molecule has 1 saturated heterocycles. The van der Waals surface area contributed by atoms with Crippen molar-refractivity contribution in [1.82, 2.24) is 10.2 Å². The first-order chi connectivity index (χ1) is 9.00. The number of primary amides is 1. The van der Waals surface area contributed by atoms with Crippen LogP contribution in [0, 0.1) is 13.8 Å². The van der Waals surface area contributed by atoms with Crippen LogP contribution in [0.25, 0.3) is 0 Å². The number of benzene rings is 1. The van der Waals surface area contributed by atoms with Gasteiger partial charge in [-0.25, -0.2) is 0 Å². The zero-order chi connectivity index (χ0) is 14.0. The van der Waals surface area contributed by atoms with Gasteiger partial charge in [0.25, 0.3) is 0 Å². The van der Waals surface area contributed by atoms with Gasteiger partial charge in [0.05, 0.1) is 0 Å². The van der Waals surface area contributed by atoms with Crippen LogP contribution in [-0.2, 0) is 4.79 Å². The standard InChI is InChI=1S/C14H21N3O2/c1-9-7-11(8-10(2)13(9)18)12(14(15)19)17-5-3-16-4-6-17/h7-8,12,16,18H,3-6H2,1-2H3,(H2,15,19). The van der Waals surface area contributed by atoms with E-state index in [0.717, 1.165) is 42.9 Å². The number of nitrogens with two attached hydrogens (primary N) is 1. The minimum absolute atomic E-state index is 0.285. The minimum Gasteiger partial charge on any atom is -0.507 e. The lowest BCUT2D eigenvalue weighted by atomic mass is 9.98. The van der Waals surface area contributed by atoms with Crippen molar-refractivity contribution < 1.29 is 9.90 Å². The van der Waals surface area contributed by atoms with Crippen LogP contribution >= 0.6 is 0 Å². The van der Waals surface area contributed by atoms with Crippen LogP contribution < -0.4 is 11.1 Å². The number of amides is 1. The van der Waals surface area contributed by atoms with Gasteiger partial charge in [-0.2, -0.15) is 0 Å². The monoisotopic (exact) mass is 263 g/mol. The molecular formula is C14H21N3O2. The van der Waals surface area contributed by atoms with Gasteiger partial charge in [-0.3, -0.25) is 9.69 Å². The Hall–Kier alpha value is -1.59. The number of hydrogen-bond donors (Lipinski definition) is 3. The number of aromatic hydroxyl groups is 1. The van der Waals surface area contributed by atoms with Crippen molar-refractivity contribution in [2.45, 2.75) is 19.9 Å². The highest BCUT2D eigenvalue weighted by Gasteiger charge is 2.27. The fourth-order valence-corrected chi connectivity index (χ4v) is 2.64. The third kappa shape index (κ3) is 2.88. The molecule has 1 aliphatic heterocycles. The van der Waals surface area contributed by atoms with Crippen molar-refractivity contribution in [2.75, 3.05) is 26.2 Å². The lowest BCUT2D eigenvalue weighted by Crippen LogP contribution is -2.48. The predicted octanol–water partition coefficient (Wildman–Crippen LogP) is 0.441. The van der Waals surface area contributed by atoms with Crippen LogP contribution in [0.5, 0.6) is 5.75 Å². The number of nitrogens with one attached hydrogen (secondary N) is 1. The molecule has 5 heteroatoms. The number of carbonyl (C=O) groups excluding carboxylic acids is 1. The Kier molecular flexibility index (Phi) is 4.07. The first-order valence-corrected chi connectivity index (χ1v) is 6.55. The molecule has 4 N–H and O–H groups in total. The smallest absolute Gasteiger partial charge is 0.239 e. The average Bonchev–Trinajstić information content (AvgIpc) is 2.37. The van der Waals surface area contributed by atoms with E-state index >= 15 is 0 Å². The highest BCUT2D eigenvalue weighted by molar-refractivity contribution is 5.81. The van der Waals surface area contributed by atoms with Crippen LogP contribution in [0.4, 0.5) is 0 Å². The van der Waals surface area contributed by atoms with E-state index in [1.807, 2.05) is 26.0 Å². The second-order valence-electron chi connectivity index (χ2n) is 5.09. The number of carbonyl (C=O) groups is 1. The zero-order valence-corrected chi connectivity index (χ0v) is 11.4. The maximum Gasteiger partial charge on any atom is 0.239 e. The van der Waals surface area contributed by atoms with Crippen molar-refractivity contribution in [3.63, 3.8) is 0 Å². The molecule has 1 aromatic rings. The molecule has 0 saturated carbocycles. The molecule has 0 aromatic heterocycles. The third-order valence-electron chi connectivity index (χ3n) is 3.62. The Morgan fingerprint density at radius 2 is 1.84 bits per heavy atom. The first-order valence-electron chi connectivity index (χ1n) is 6.55. The van der Waals surface area contributed by atoms with E-state index in [1.54, 1.807) is 0 Å². The van der Waals surface area contributed by atoms with Gasteiger partial charge in [0.2, 0.25) is 5.91 Å². The highest BCUT2D eigenvalue weighted by atomic mass is 16.3. The molecule has 1 fully saturated rings. The predicted molar refractivity (Wildman–Crippen MR) is 74.0 cm³/mol. The van der Waals surface area contributed by atoms with E-state index in [4.69, 9.17) is 5.73 Å². The molecule has 0 aliphatic carbocycles. The molecule has 0 spiro atoms. The molecule has 1 heterocycles. The summed E-state index contributed by atoms with van der Waals surface area (Å²) in [6, 6.07) is 3.28. The van der Waals surface area contributed by atoms with Gasteiger partial charge in [0.1, 0.15) is 11.8 Å². The van der Waals surface area contributed by atoms with Crippen molar-refractivity contribution >= 4 is 5.91 Å². The van der Waals surface area contributed by atoms with Crippen molar-refractivity contribution in [1.29, 1.82) is 0 Å². The fraction of sp³-hybridized carbons (Fsp3) is 0.500. The number of phenols is 1. The molecule has 1 atom stereocenters. The van der Waals surface area contributed by atoms with E-state index in [9.17, 15) is 9.90 Å². The largest absolute Gasteiger partial charge is 0.507 e. The van der Waals surface area contributed by atoms with Gasteiger partial charge >= 0.3 is 0 Å². The SMILES string of the molecule is Cc1cc(C(C(N)=O)N2CCNCC2)cc(C)c1O. The molecule has 1 aromatic carbocycles. The van der Waals surface area contributed by atoms with Crippen molar-refractivity contribution in [2.24, 2.45) is 5.73 Å². The second-order valence-corrected chi connectivity index (χ2v) is 5.09. The summed E-state index contributed by atoms with van der Waals surface area (Å²) < 4.78 is 0. The Morgan fingerprint density at radius 1 is 1.32 bits per heavy atom. The quantitative estimate of drug-likeness (QED) is 0.739. The highest BCUT2D eigenvalue weighted by Crippen LogP contribution is 2.29. The van der Waals surface area contributed by atoms with Crippen molar-refractivity contribution in [3.05, 3.63) is 28.8 Å². The van der Waals surface area contributed by atoms with Crippen LogP contribution in [0.1, 0.15) is 22.7 Å². The van der Waals surface area contributed by atoms with E-state index < -0.39 is 6.04 Å². The summed E-state index contributed by atoms with van der Waals surface area (Å²) in [7, 11) is 0. The summed E-state index contributed by atoms with van der Waals surface area (Å²) in [4.78, 5) is 13.9. The molecule has 0 radical (unpaired) electrons. The minimum atomic E-state index is -0.417. The molecule has 1 unspecified atom stereocenters. The molecule has 5 nitrogen and oxygen atoms in total. The third-order valence-corrected chi connectivity index (χ3v) is 3.62. The van der Waals surface area contributed by atoms with Gasteiger partial charge < -0.3 is 16.2 Å². The Morgan fingerprint density at radius 3 is 2.32 bits per heavy atom. The van der Waals surface area contributed by atoms with Crippen LogP contribution in [0.3, 0.4) is 0 Å². The van der Waals surface area contributed by atoms with Gasteiger partial charge in [0, 0.05) is 26.2 Å². The molecule has 0 bridgehead atoms. The summed E-state index contributed by atoms with van der Waals surface area (Å²) in [6.07, 6.45) is 0.